The van der Waals surface area contributed by atoms with Gasteiger partial charge in [-0.1, -0.05) is 0 Å². The minimum absolute atomic E-state index is 0.240. The molecule has 0 saturated carbocycles. The summed E-state index contributed by atoms with van der Waals surface area (Å²) < 4.78 is 18.0. The van der Waals surface area contributed by atoms with Gasteiger partial charge in [-0.25, -0.2) is 4.39 Å². The van der Waals surface area contributed by atoms with Gasteiger partial charge >= 0.3 is 5.97 Å². The number of hydrogen-bond acceptors (Lipinski definition) is 3. The summed E-state index contributed by atoms with van der Waals surface area (Å²) in [5.41, 5.74) is 0.240. The summed E-state index contributed by atoms with van der Waals surface area (Å²) in [6.45, 7) is 1.29. The third-order valence-electron chi connectivity index (χ3n) is 1.78. The molecule has 0 aliphatic carbocycles. The Labute approximate surface area is 78.7 Å². The molecular weight excluding hydrogens is 187 g/mol. The molecule has 5 heteroatoms. The van der Waals surface area contributed by atoms with Gasteiger partial charge in [-0.2, -0.15) is 5.10 Å². The van der Waals surface area contributed by atoms with Crippen molar-refractivity contribution in [1.82, 2.24) is 10.2 Å². The largest absolute Gasteiger partial charge is 0.426 e. The monoisotopic (exact) mass is 194 g/mol. The Balaban J connectivity index is 2.60. The van der Waals surface area contributed by atoms with Crippen LogP contribution in [0.2, 0.25) is 0 Å². The highest BCUT2D eigenvalue weighted by atomic mass is 19.1. The number of nitrogens with zero attached hydrogens (tertiary/aromatic N) is 1. The maximum absolute atomic E-state index is 13.1. The van der Waals surface area contributed by atoms with E-state index in [4.69, 9.17) is 4.74 Å². The van der Waals surface area contributed by atoms with Crippen molar-refractivity contribution in [2.75, 3.05) is 0 Å². The van der Waals surface area contributed by atoms with Gasteiger partial charge in [0.25, 0.3) is 0 Å². The lowest BCUT2D eigenvalue weighted by atomic mass is 10.2. The van der Waals surface area contributed by atoms with Crippen LogP contribution < -0.4 is 4.74 Å². The topological polar surface area (TPSA) is 55.0 Å². The van der Waals surface area contributed by atoms with Crippen LogP contribution in [0.1, 0.15) is 6.92 Å². The maximum atomic E-state index is 13.1. The van der Waals surface area contributed by atoms with E-state index in [0.717, 1.165) is 0 Å². The molecule has 1 heterocycles. The molecule has 14 heavy (non-hydrogen) atoms. The summed E-state index contributed by atoms with van der Waals surface area (Å²) in [5.74, 6) is -0.560. The number of ether oxygens (including phenoxy) is 1. The number of aromatic amines is 1. The number of H-pyrrole nitrogens is 1. The van der Waals surface area contributed by atoms with Gasteiger partial charge in [0.15, 0.2) is 0 Å². The molecule has 0 bridgehead atoms. The molecule has 2 aromatic rings. The van der Waals surface area contributed by atoms with Crippen LogP contribution in [0.25, 0.3) is 10.9 Å². The van der Waals surface area contributed by atoms with E-state index in [1.54, 1.807) is 0 Å². The Bertz CT molecular complexity index is 493. The Morgan fingerprint density at radius 3 is 3.07 bits per heavy atom. The fourth-order valence-electron chi connectivity index (χ4n) is 1.22. The van der Waals surface area contributed by atoms with Crippen LogP contribution >= 0.6 is 0 Å². The highest BCUT2D eigenvalue weighted by Gasteiger charge is 2.09. The molecule has 0 atom stereocenters. The average molecular weight is 194 g/mol. The SMILES string of the molecule is CC(=O)Oc1ccc(F)c2[nH]ncc12. The number of fused-ring (bicyclic) bond motifs is 1. The lowest BCUT2D eigenvalue weighted by Crippen LogP contribution is -2.01. The fraction of sp³-hybridized carbons (Fsp3) is 0.111. The lowest BCUT2D eigenvalue weighted by Gasteiger charge is -2.01. The molecular formula is C9H7FN2O2. The quantitative estimate of drug-likeness (QED) is 0.554. The number of aromatic nitrogens is 2. The van der Waals surface area contributed by atoms with Crippen LogP contribution in [0.3, 0.4) is 0 Å². The molecule has 1 N–H and O–H groups in total. The van der Waals surface area contributed by atoms with Crippen molar-refractivity contribution in [1.29, 1.82) is 0 Å². The predicted octanol–water partition coefficient (Wildman–Crippen LogP) is 1.63. The fourth-order valence-corrected chi connectivity index (χ4v) is 1.22. The van der Waals surface area contributed by atoms with Crippen LogP contribution in [-0.2, 0) is 4.79 Å². The number of carbonyl (C=O) groups is 1. The number of hydrogen-bond donors (Lipinski definition) is 1. The van der Waals surface area contributed by atoms with E-state index in [2.05, 4.69) is 10.2 Å². The van der Waals surface area contributed by atoms with Crippen molar-refractivity contribution in [3.8, 4) is 5.75 Å². The second-order valence-corrected chi connectivity index (χ2v) is 2.80. The molecule has 1 aromatic carbocycles. The third kappa shape index (κ3) is 1.32. The normalized spacial score (nSPS) is 10.4. The van der Waals surface area contributed by atoms with E-state index in [0.29, 0.717) is 11.1 Å². The number of esters is 1. The second-order valence-electron chi connectivity index (χ2n) is 2.80. The smallest absolute Gasteiger partial charge is 0.308 e. The van der Waals surface area contributed by atoms with E-state index < -0.39 is 11.8 Å². The molecule has 0 spiro atoms. The number of nitrogens with one attached hydrogen (secondary N) is 1. The summed E-state index contributed by atoms with van der Waals surface area (Å²) in [7, 11) is 0. The summed E-state index contributed by atoms with van der Waals surface area (Å²) >= 11 is 0. The van der Waals surface area contributed by atoms with Crippen molar-refractivity contribution < 1.29 is 13.9 Å². The number of benzene rings is 1. The van der Waals surface area contributed by atoms with Gasteiger partial charge in [0, 0.05) is 6.92 Å². The molecule has 0 fully saturated rings. The summed E-state index contributed by atoms with van der Waals surface area (Å²) in [4.78, 5) is 10.7. The summed E-state index contributed by atoms with van der Waals surface area (Å²) in [5, 5.41) is 6.62. The molecule has 0 saturated heterocycles. The van der Waals surface area contributed by atoms with Crippen molar-refractivity contribution >= 4 is 16.9 Å². The first-order chi connectivity index (χ1) is 6.68. The first-order valence-corrected chi connectivity index (χ1v) is 3.98. The Kier molecular flexibility index (Phi) is 1.92. The molecule has 0 aliphatic heterocycles. The summed E-state index contributed by atoms with van der Waals surface area (Å²) in [6, 6.07) is 2.62. The van der Waals surface area contributed by atoms with Crippen LogP contribution in [0.4, 0.5) is 4.39 Å². The third-order valence-corrected chi connectivity index (χ3v) is 1.78. The lowest BCUT2D eigenvalue weighted by molar-refractivity contribution is -0.131. The first kappa shape index (κ1) is 8.68. The van der Waals surface area contributed by atoms with Gasteiger partial charge in [-0.3, -0.25) is 9.89 Å². The van der Waals surface area contributed by atoms with Crippen molar-refractivity contribution in [2.24, 2.45) is 0 Å². The van der Waals surface area contributed by atoms with Crippen molar-refractivity contribution in [3.05, 3.63) is 24.1 Å². The standard InChI is InChI=1S/C9H7FN2O2/c1-5(13)14-8-3-2-7(10)9-6(8)4-11-12-9/h2-4H,1H3,(H,11,12). The van der Waals surface area contributed by atoms with Gasteiger partial charge in [0.1, 0.15) is 17.1 Å². The number of rotatable bonds is 1. The molecule has 0 aliphatic rings. The first-order valence-electron chi connectivity index (χ1n) is 3.98. The highest BCUT2D eigenvalue weighted by molar-refractivity contribution is 5.87. The summed E-state index contributed by atoms with van der Waals surface area (Å²) in [6.07, 6.45) is 1.41. The highest BCUT2D eigenvalue weighted by Crippen LogP contribution is 2.25. The predicted molar refractivity (Wildman–Crippen MR) is 47.4 cm³/mol. The zero-order chi connectivity index (χ0) is 10.1. The minimum atomic E-state index is -0.445. The van der Waals surface area contributed by atoms with Gasteiger partial charge in [0.05, 0.1) is 11.6 Å². The van der Waals surface area contributed by atoms with Crippen LogP contribution in [0.15, 0.2) is 18.3 Å². The average Bonchev–Trinajstić information content (AvgIpc) is 2.58. The zero-order valence-electron chi connectivity index (χ0n) is 7.37. The minimum Gasteiger partial charge on any atom is -0.426 e. The Morgan fingerprint density at radius 2 is 2.36 bits per heavy atom. The maximum Gasteiger partial charge on any atom is 0.308 e. The van der Waals surface area contributed by atoms with Gasteiger partial charge in [-0.05, 0) is 12.1 Å². The zero-order valence-corrected chi connectivity index (χ0v) is 7.37. The molecule has 4 nitrogen and oxygen atoms in total. The van der Waals surface area contributed by atoms with E-state index in [-0.39, 0.29) is 5.52 Å². The van der Waals surface area contributed by atoms with Gasteiger partial charge < -0.3 is 4.74 Å². The Morgan fingerprint density at radius 1 is 1.57 bits per heavy atom. The van der Waals surface area contributed by atoms with Crippen molar-refractivity contribution in [3.63, 3.8) is 0 Å². The van der Waals surface area contributed by atoms with Crippen LogP contribution in [-0.4, -0.2) is 16.2 Å². The van der Waals surface area contributed by atoms with Gasteiger partial charge in [0.2, 0.25) is 0 Å². The molecule has 0 radical (unpaired) electrons. The number of halogens is 1. The molecule has 1 aromatic heterocycles. The van der Waals surface area contributed by atoms with Crippen molar-refractivity contribution in [2.45, 2.75) is 6.92 Å². The molecule has 0 unspecified atom stereocenters. The van der Waals surface area contributed by atoms with Crippen LogP contribution in [0.5, 0.6) is 5.75 Å². The molecule has 0 amide bonds. The number of carbonyl (C=O) groups excluding carboxylic acids is 1. The molecule has 72 valence electrons. The van der Waals surface area contributed by atoms with E-state index in [9.17, 15) is 9.18 Å². The van der Waals surface area contributed by atoms with E-state index in [1.807, 2.05) is 0 Å². The Hall–Kier alpha value is -1.91. The van der Waals surface area contributed by atoms with E-state index >= 15 is 0 Å². The second kappa shape index (κ2) is 3.10. The molecule has 2 rings (SSSR count). The van der Waals surface area contributed by atoms with Crippen LogP contribution in [0, 0.1) is 5.82 Å². The van der Waals surface area contributed by atoms with E-state index in [1.165, 1.54) is 25.3 Å². The van der Waals surface area contributed by atoms with Gasteiger partial charge in [-0.15, -0.1) is 0 Å².